The Morgan fingerprint density at radius 3 is 2.19 bits per heavy atom. The number of carbonyl (C=O) groups excluding carboxylic acids is 3. The van der Waals surface area contributed by atoms with Gasteiger partial charge in [-0.2, -0.15) is 0 Å². The van der Waals surface area contributed by atoms with Crippen LogP contribution in [0.3, 0.4) is 0 Å². The molecule has 1 aromatic heterocycles. The maximum absolute atomic E-state index is 12.8. The molecule has 0 unspecified atom stereocenters. The third-order valence-electron chi connectivity index (χ3n) is 5.26. The first kappa shape index (κ1) is 28.0. The zero-order valence-corrected chi connectivity index (χ0v) is 19.6. The highest BCUT2D eigenvalue weighted by molar-refractivity contribution is 5.94. The molecule has 0 saturated carbocycles. The van der Waals surface area contributed by atoms with Gasteiger partial charge in [0.15, 0.2) is 0 Å². The Morgan fingerprint density at radius 2 is 1.61 bits per heavy atom. The van der Waals surface area contributed by atoms with Gasteiger partial charge < -0.3 is 36.9 Å². The van der Waals surface area contributed by atoms with Crippen LogP contribution in [0.4, 0.5) is 0 Å². The van der Waals surface area contributed by atoms with Crippen molar-refractivity contribution in [2.75, 3.05) is 0 Å². The number of imidazole rings is 1. The van der Waals surface area contributed by atoms with Crippen LogP contribution >= 0.6 is 0 Å². The first-order chi connectivity index (χ1) is 17.1. The van der Waals surface area contributed by atoms with Crippen molar-refractivity contribution in [1.29, 1.82) is 0 Å². The van der Waals surface area contributed by atoms with Crippen LogP contribution in [-0.4, -0.2) is 74.0 Å². The van der Waals surface area contributed by atoms with E-state index in [1.54, 1.807) is 0 Å². The van der Waals surface area contributed by atoms with Crippen molar-refractivity contribution in [3.63, 3.8) is 0 Å². The van der Waals surface area contributed by atoms with Crippen LogP contribution in [0.2, 0.25) is 0 Å². The number of hydrogen-bond donors (Lipinski definition) is 7. The largest absolute Gasteiger partial charge is 0.481 e. The molecule has 1 aromatic carbocycles. The summed E-state index contributed by atoms with van der Waals surface area (Å²) in [5.41, 5.74) is 7.23. The van der Waals surface area contributed by atoms with Crippen molar-refractivity contribution in [2.24, 2.45) is 5.73 Å². The van der Waals surface area contributed by atoms with Gasteiger partial charge in [-0.1, -0.05) is 30.3 Å². The van der Waals surface area contributed by atoms with Crippen LogP contribution in [0.25, 0.3) is 0 Å². The number of aromatic amines is 1. The zero-order chi connectivity index (χ0) is 26.7. The number of H-pyrrole nitrogens is 1. The molecule has 0 fully saturated rings. The Kier molecular flexibility index (Phi) is 10.6. The molecule has 2 aromatic rings. The highest BCUT2D eigenvalue weighted by Gasteiger charge is 2.29. The summed E-state index contributed by atoms with van der Waals surface area (Å²) in [7, 11) is 0. The number of nitrogens with two attached hydrogens (primary N) is 1. The Bertz CT molecular complexity index is 1040. The van der Waals surface area contributed by atoms with E-state index in [0.717, 1.165) is 5.56 Å². The molecule has 0 bridgehead atoms. The SMILES string of the molecule is C[C@H](NC(=O)[C@@H](N)Cc1ccccc1)C(=O)N[C@@H](CCC(=O)O)C(=O)N[C@@H](Cc1cnc[nH]1)C(=O)O. The number of nitrogens with one attached hydrogen (secondary N) is 4. The van der Waals surface area contributed by atoms with E-state index in [1.165, 1.54) is 19.4 Å². The van der Waals surface area contributed by atoms with Crippen LogP contribution in [0, 0.1) is 0 Å². The van der Waals surface area contributed by atoms with Crippen molar-refractivity contribution < 1.29 is 34.2 Å². The topological polar surface area (TPSA) is 217 Å². The fourth-order valence-corrected chi connectivity index (χ4v) is 3.27. The van der Waals surface area contributed by atoms with Gasteiger partial charge in [-0.3, -0.25) is 19.2 Å². The third kappa shape index (κ3) is 9.18. The minimum Gasteiger partial charge on any atom is -0.481 e. The van der Waals surface area contributed by atoms with E-state index in [4.69, 9.17) is 10.8 Å². The lowest BCUT2D eigenvalue weighted by Gasteiger charge is -2.23. The molecular formula is C23H30N6O7. The van der Waals surface area contributed by atoms with Crippen molar-refractivity contribution in [1.82, 2.24) is 25.9 Å². The van der Waals surface area contributed by atoms with Crippen LogP contribution in [0.1, 0.15) is 31.0 Å². The lowest BCUT2D eigenvalue weighted by Crippen LogP contribution is -2.56. The van der Waals surface area contributed by atoms with E-state index in [-0.39, 0.29) is 19.3 Å². The summed E-state index contributed by atoms with van der Waals surface area (Å²) in [6.45, 7) is 1.38. The first-order valence-corrected chi connectivity index (χ1v) is 11.2. The third-order valence-corrected chi connectivity index (χ3v) is 5.26. The number of aromatic nitrogens is 2. The number of hydrogen-bond acceptors (Lipinski definition) is 7. The maximum atomic E-state index is 12.8. The summed E-state index contributed by atoms with van der Waals surface area (Å²) in [5.74, 6) is -4.76. The number of rotatable bonds is 14. The molecule has 13 nitrogen and oxygen atoms in total. The van der Waals surface area contributed by atoms with Gasteiger partial charge in [-0.15, -0.1) is 0 Å². The number of benzene rings is 1. The van der Waals surface area contributed by atoms with Gasteiger partial charge in [0.25, 0.3) is 0 Å². The number of carboxylic acid groups (broad SMARTS) is 2. The Morgan fingerprint density at radius 1 is 0.944 bits per heavy atom. The predicted octanol–water partition coefficient (Wildman–Crippen LogP) is -1.05. The molecule has 194 valence electrons. The molecule has 0 spiro atoms. The van der Waals surface area contributed by atoms with Gasteiger partial charge in [0, 0.05) is 24.7 Å². The van der Waals surface area contributed by atoms with Gasteiger partial charge in [-0.25, -0.2) is 9.78 Å². The Labute approximate surface area is 206 Å². The van der Waals surface area contributed by atoms with Crippen LogP contribution < -0.4 is 21.7 Å². The Balaban J connectivity index is 1.99. The number of carbonyl (C=O) groups is 5. The second kappa shape index (κ2) is 13.6. The first-order valence-electron chi connectivity index (χ1n) is 11.2. The molecule has 0 saturated heterocycles. The summed E-state index contributed by atoms with van der Waals surface area (Å²) < 4.78 is 0. The molecule has 0 aliphatic carbocycles. The fraction of sp³-hybridized carbons (Fsp3) is 0.391. The lowest BCUT2D eigenvalue weighted by molar-refractivity contribution is -0.143. The van der Waals surface area contributed by atoms with Gasteiger partial charge in [0.2, 0.25) is 17.7 Å². The van der Waals surface area contributed by atoms with Gasteiger partial charge in [-0.05, 0) is 25.3 Å². The number of carboxylic acids is 2. The van der Waals surface area contributed by atoms with Crippen LogP contribution in [-0.2, 0) is 36.8 Å². The standard InChI is InChI=1S/C23H30N6O7/c1-13(27-21(33)16(24)9-14-5-3-2-4-6-14)20(32)28-17(7-8-19(30)31)22(34)29-18(23(35)36)10-15-11-25-12-26-15/h2-6,11-13,16-18H,7-10,24H2,1H3,(H,25,26)(H,27,33)(H,28,32)(H,29,34)(H,30,31)(H,35,36)/t13-,16-,17-,18-/m0/s1. The van der Waals surface area contributed by atoms with Crippen LogP contribution in [0.5, 0.6) is 0 Å². The fourth-order valence-electron chi connectivity index (χ4n) is 3.27. The number of nitrogens with zero attached hydrogens (tertiary/aromatic N) is 1. The molecular weight excluding hydrogens is 472 g/mol. The van der Waals surface area contributed by atoms with Gasteiger partial charge in [0.1, 0.15) is 18.1 Å². The molecule has 8 N–H and O–H groups in total. The van der Waals surface area contributed by atoms with E-state index >= 15 is 0 Å². The quantitative estimate of drug-likeness (QED) is 0.167. The van der Waals surface area contributed by atoms with Crippen molar-refractivity contribution in [2.45, 2.75) is 56.8 Å². The monoisotopic (exact) mass is 502 g/mol. The molecule has 0 radical (unpaired) electrons. The minimum atomic E-state index is -1.35. The highest BCUT2D eigenvalue weighted by Crippen LogP contribution is 2.05. The number of amides is 3. The Hall–Kier alpha value is -4.26. The lowest BCUT2D eigenvalue weighted by atomic mass is 10.1. The average molecular weight is 503 g/mol. The summed E-state index contributed by atoms with van der Waals surface area (Å²) in [5, 5.41) is 25.6. The summed E-state index contributed by atoms with van der Waals surface area (Å²) in [6, 6.07) is 4.34. The van der Waals surface area contributed by atoms with E-state index in [1.807, 2.05) is 30.3 Å². The molecule has 0 aliphatic rings. The smallest absolute Gasteiger partial charge is 0.326 e. The molecule has 4 atom stereocenters. The average Bonchev–Trinajstić information content (AvgIpc) is 3.34. The van der Waals surface area contributed by atoms with E-state index in [9.17, 15) is 29.1 Å². The molecule has 0 aliphatic heterocycles. The zero-order valence-electron chi connectivity index (χ0n) is 19.6. The highest BCUT2D eigenvalue weighted by atomic mass is 16.4. The summed E-state index contributed by atoms with van der Waals surface area (Å²) >= 11 is 0. The molecule has 13 heteroatoms. The second-order valence-corrected chi connectivity index (χ2v) is 8.20. The maximum Gasteiger partial charge on any atom is 0.326 e. The summed E-state index contributed by atoms with van der Waals surface area (Å²) in [6.07, 6.45) is 2.15. The second-order valence-electron chi connectivity index (χ2n) is 8.20. The van der Waals surface area contributed by atoms with Crippen molar-refractivity contribution in [3.8, 4) is 0 Å². The van der Waals surface area contributed by atoms with E-state index in [2.05, 4.69) is 25.9 Å². The van der Waals surface area contributed by atoms with Gasteiger partial charge in [0.05, 0.1) is 12.4 Å². The molecule has 2 rings (SSSR count). The normalized spacial score (nSPS) is 14.1. The minimum absolute atomic E-state index is 0.105. The van der Waals surface area contributed by atoms with E-state index < -0.39 is 60.2 Å². The number of aliphatic carboxylic acids is 2. The molecule has 3 amide bonds. The van der Waals surface area contributed by atoms with Crippen molar-refractivity contribution >= 4 is 29.7 Å². The molecule has 36 heavy (non-hydrogen) atoms. The van der Waals surface area contributed by atoms with E-state index in [0.29, 0.717) is 5.69 Å². The van der Waals surface area contributed by atoms with Crippen LogP contribution in [0.15, 0.2) is 42.9 Å². The predicted molar refractivity (Wildman–Crippen MR) is 126 cm³/mol. The summed E-state index contributed by atoms with van der Waals surface area (Å²) in [4.78, 5) is 67.0. The van der Waals surface area contributed by atoms with Gasteiger partial charge >= 0.3 is 11.9 Å². The molecule has 1 heterocycles. The van der Waals surface area contributed by atoms with Crippen molar-refractivity contribution in [3.05, 3.63) is 54.1 Å².